The molecule has 86 valence electrons. The molecule has 0 aliphatic rings. The van der Waals surface area contributed by atoms with Crippen LogP contribution in [0.1, 0.15) is 31.3 Å². The molecule has 0 fully saturated rings. The number of aromatic nitrogens is 1. The molecule has 1 aromatic heterocycles. The first-order valence-electron chi connectivity index (χ1n) is 5.47. The minimum absolute atomic E-state index is 0.159. The van der Waals surface area contributed by atoms with Gasteiger partial charge in [-0.25, -0.2) is 4.98 Å². The molecular weight excluding hydrogens is 202 g/mol. The number of nitrogens with zero attached hydrogens (tertiary/aromatic N) is 1. The SMILES string of the molecule is CC(C)C(N)c1nc2cc(CN)ccc2o1. The lowest BCUT2D eigenvalue weighted by molar-refractivity contribution is 0.403. The molecule has 16 heavy (non-hydrogen) atoms. The third kappa shape index (κ3) is 1.94. The largest absolute Gasteiger partial charge is 0.439 e. The van der Waals surface area contributed by atoms with Crippen molar-refractivity contribution in [2.45, 2.75) is 26.4 Å². The van der Waals surface area contributed by atoms with Crippen molar-refractivity contribution in [1.82, 2.24) is 4.98 Å². The van der Waals surface area contributed by atoms with Crippen LogP contribution in [0.5, 0.6) is 0 Å². The van der Waals surface area contributed by atoms with E-state index >= 15 is 0 Å². The van der Waals surface area contributed by atoms with Gasteiger partial charge in [0.2, 0.25) is 5.89 Å². The zero-order valence-electron chi connectivity index (χ0n) is 9.60. The topological polar surface area (TPSA) is 78.1 Å². The molecule has 1 unspecified atom stereocenters. The molecule has 1 aromatic carbocycles. The summed E-state index contributed by atoms with van der Waals surface area (Å²) in [5, 5.41) is 0. The van der Waals surface area contributed by atoms with Gasteiger partial charge in [0, 0.05) is 6.54 Å². The standard InChI is InChI=1S/C12H17N3O/c1-7(2)11(14)12-15-9-5-8(6-13)3-4-10(9)16-12/h3-5,7,11H,6,13-14H2,1-2H3. The zero-order chi connectivity index (χ0) is 11.7. The molecule has 2 aromatic rings. The van der Waals surface area contributed by atoms with Gasteiger partial charge in [0.15, 0.2) is 5.58 Å². The predicted octanol–water partition coefficient (Wildman–Crippen LogP) is 1.94. The van der Waals surface area contributed by atoms with Crippen molar-refractivity contribution in [3.05, 3.63) is 29.7 Å². The highest BCUT2D eigenvalue weighted by Crippen LogP contribution is 2.23. The van der Waals surface area contributed by atoms with E-state index in [1.165, 1.54) is 0 Å². The summed E-state index contributed by atoms with van der Waals surface area (Å²) in [6, 6.07) is 5.61. The van der Waals surface area contributed by atoms with Crippen LogP contribution in [0, 0.1) is 5.92 Å². The molecule has 0 radical (unpaired) electrons. The summed E-state index contributed by atoms with van der Waals surface area (Å²) >= 11 is 0. The van der Waals surface area contributed by atoms with E-state index in [1.54, 1.807) is 0 Å². The zero-order valence-corrected chi connectivity index (χ0v) is 9.60. The monoisotopic (exact) mass is 219 g/mol. The van der Waals surface area contributed by atoms with Crippen LogP contribution in [0.25, 0.3) is 11.1 Å². The van der Waals surface area contributed by atoms with Gasteiger partial charge < -0.3 is 15.9 Å². The van der Waals surface area contributed by atoms with E-state index in [2.05, 4.69) is 4.98 Å². The van der Waals surface area contributed by atoms with E-state index in [1.807, 2.05) is 32.0 Å². The molecule has 0 aliphatic heterocycles. The fourth-order valence-corrected chi connectivity index (χ4v) is 1.55. The second-order valence-corrected chi connectivity index (χ2v) is 4.33. The number of hydrogen-bond acceptors (Lipinski definition) is 4. The number of oxazole rings is 1. The Labute approximate surface area is 94.6 Å². The van der Waals surface area contributed by atoms with E-state index in [0.717, 1.165) is 16.7 Å². The van der Waals surface area contributed by atoms with Crippen molar-refractivity contribution < 1.29 is 4.42 Å². The summed E-state index contributed by atoms with van der Waals surface area (Å²) in [6.07, 6.45) is 0. The summed E-state index contributed by atoms with van der Waals surface area (Å²) < 4.78 is 5.61. The Morgan fingerprint density at radius 2 is 2.12 bits per heavy atom. The van der Waals surface area contributed by atoms with Crippen molar-refractivity contribution in [1.29, 1.82) is 0 Å². The van der Waals surface area contributed by atoms with Crippen LogP contribution >= 0.6 is 0 Å². The molecule has 4 nitrogen and oxygen atoms in total. The molecular formula is C12H17N3O. The van der Waals surface area contributed by atoms with E-state index in [4.69, 9.17) is 15.9 Å². The van der Waals surface area contributed by atoms with E-state index in [-0.39, 0.29) is 6.04 Å². The Balaban J connectivity index is 2.43. The average molecular weight is 219 g/mol. The molecule has 1 atom stereocenters. The maximum atomic E-state index is 5.99. The van der Waals surface area contributed by atoms with Crippen molar-refractivity contribution in [3.63, 3.8) is 0 Å². The Kier molecular flexibility index (Phi) is 2.94. The third-order valence-corrected chi connectivity index (χ3v) is 2.71. The molecule has 0 aliphatic carbocycles. The molecule has 0 saturated heterocycles. The first-order valence-corrected chi connectivity index (χ1v) is 5.47. The molecule has 0 saturated carbocycles. The number of nitrogens with two attached hydrogens (primary N) is 2. The van der Waals surface area contributed by atoms with Crippen LogP contribution in [0.2, 0.25) is 0 Å². The van der Waals surface area contributed by atoms with Crippen molar-refractivity contribution in [2.24, 2.45) is 17.4 Å². The first kappa shape index (κ1) is 11.1. The van der Waals surface area contributed by atoms with Crippen LogP contribution in [-0.4, -0.2) is 4.98 Å². The Morgan fingerprint density at radius 1 is 1.38 bits per heavy atom. The number of rotatable bonds is 3. The van der Waals surface area contributed by atoms with E-state index < -0.39 is 0 Å². The maximum Gasteiger partial charge on any atom is 0.212 e. The Hall–Kier alpha value is -1.39. The Bertz CT molecular complexity index is 490. The molecule has 4 N–H and O–H groups in total. The molecule has 0 amide bonds. The molecule has 1 heterocycles. The van der Waals surface area contributed by atoms with Gasteiger partial charge in [0.1, 0.15) is 5.52 Å². The fourth-order valence-electron chi connectivity index (χ4n) is 1.55. The quantitative estimate of drug-likeness (QED) is 0.827. The van der Waals surface area contributed by atoms with Gasteiger partial charge in [0.05, 0.1) is 6.04 Å². The lowest BCUT2D eigenvalue weighted by atomic mass is 10.1. The second-order valence-electron chi connectivity index (χ2n) is 4.33. The molecule has 2 rings (SSSR count). The van der Waals surface area contributed by atoms with Crippen LogP contribution in [0.15, 0.2) is 22.6 Å². The predicted molar refractivity (Wildman–Crippen MR) is 63.7 cm³/mol. The smallest absolute Gasteiger partial charge is 0.212 e. The lowest BCUT2D eigenvalue weighted by Gasteiger charge is -2.10. The van der Waals surface area contributed by atoms with E-state index in [0.29, 0.717) is 18.4 Å². The number of hydrogen-bond donors (Lipinski definition) is 2. The molecule has 0 spiro atoms. The van der Waals surface area contributed by atoms with Crippen molar-refractivity contribution >= 4 is 11.1 Å². The van der Waals surface area contributed by atoms with Crippen LogP contribution in [-0.2, 0) is 6.54 Å². The first-order chi connectivity index (χ1) is 7.61. The minimum Gasteiger partial charge on any atom is -0.439 e. The normalized spacial score (nSPS) is 13.6. The lowest BCUT2D eigenvalue weighted by Crippen LogP contribution is -2.16. The summed E-state index contributed by atoms with van der Waals surface area (Å²) in [5.41, 5.74) is 14.2. The van der Waals surface area contributed by atoms with E-state index in [9.17, 15) is 0 Å². The number of benzene rings is 1. The summed E-state index contributed by atoms with van der Waals surface area (Å²) in [4.78, 5) is 4.40. The van der Waals surface area contributed by atoms with Gasteiger partial charge in [-0.1, -0.05) is 19.9 Å². The van der Waals surface area contributed by atoms with Crippen LogP contribution < -0.4 is 11.5 Å². The minimum atomic E-state index is -0.159. The number of fused-ring (bicyclic) bond motifs is 1. The van der Waals surface area contributed by atoms with Gasteiger partial charge in [-0.05, 0) is 23.6 Å². The average Bonchev–Trinajstić information content (AvgIpc) is 2.69. The molecule has 4 heteroatoms. The van der Waals surface area contributed by atoms with Crippen LogP contribution in [0.4, 0.5) is 0 Å². The van der Waals surface area contributed by atoms with Crippen molar-refractivity contribution in [2.75, 3.05) is 0 Å². The van der Waals surface area contributed by atoms with Crippen molar-refractivity contribution in [3.8, 4) is 0 Å². The van der Waals surface area contributed by atoms with Gasteiger partial charge in [-0.3, -0.25) is 0 Å². The second kappa shape index (κ2) is 4.23. The summed E-state index contributed by atoms with van der Waals surface area (Å²) in [7, 11) is 0. The highest BCUT2D eigenvalue weighted by molar-refractivity contribution is 5.73. The fraction of sp³-hybridized carbons (Fsp3) is 0.417. The Morgan fingerprint density at radius 3 is 2.75 bits per heavy atom. The highest BCUT2D eigenvalue weighted by atomic mass is 16.3. The third-order valence-electron chi connectivity index (χ3n) is 2.71. The highest BCUT2D eigenvalue weighted by Gasteiger charge is 2.17. The molecule has 0 bridgehead atoms. The van der Waals surface area contributed by atoms with Gasteiger partial charge in [-0.15, -0.1) is 0 Å². The summed E-state index contributed by atoms with van der Waals surface area (Å²) in [6.45, 7) is 4.60. The van der Waals surface area contributed by atoms with Gasteiger partial charge >= 0.3 is 0 Å². The van der Waals surface area contributed by atoms with Gasteiger partial charge in [-0.2, -0.15) is 0 Å². The van der Waals surface area contributed by atoms with Gasteiger partial charge in [0.25, 0.3) is 0 Å². The maximum absolute atomic E-state index is 5.99. The van der Waals surface area contributed by atoms with Crippen LogP contribution in [0.3, 0.4) is 0 Å². The summed E-state index contributed by atoms with van der Waals surface area (Å²) in [5.74, 6) is 0.904.